The summed E-state index contributed by atoms with van der Waals surface area (Å²) in [6, 6.07) is 40.5. The zero-order chi connectivity index (χ0) is 74.3. The van der Waals surface area contributed by atoms with E-state index in [4.69, 9.17) is 41.0 Å². The molecular formula is C78H79ClF2N12O12. The Labute approximate surface area is 607 Å². The van der Waals surface area contributed by atoms with Crippen molar-refractivity contribution in [2.75, 3.05) is 93.2 Å². The first-order chi connectivity index (χ1) is 50.6. The molecule has 6 heterocycles. The van der Waals surface area contributed by atoms with Gasteiger partial charge in [-0.05, 0) is 150 Å². The fourth-order valence-electron chi connectivity index (χ4n) is 13.0. The second-order valence-electron chi connectivity index (χ2n) is 25.7. The van der Waals surface area contributed by atoms with Crippen LogP contribution in [-0.2, 0) is 14.4 Å². The molecule has 8 aromatic carbocycles. The van der Waals surface area contributed by atoms with Gasteiger partial charge in [0.15, 0.2) is 5.82 Å². The van der Waals surface area contributed by atoms with Gasteiger partial charge in [-0.3, -0.25) is 14.4 Å². The summed E-state index contributed by atoms with van der Waals surface area (Å²) in [4.78, 5) is 73.9. The van der Waals surface area contributed by atoms with Gasteiger partial charge in [0, 0.05) is 100 Å². The summed E-state index contributed by atoms with van der Waals surface area (Å²) in [6.45, 7) is 15.1. The molecule has 0 saturated carbocycles. The predicted molar refractivity (Wildman–Crippen MR) is 398 cm³/mol. The topological polar surface area (TPSA) is 308 Å². The third kappa shape index (κ3) is 16.1. The number of allylic oxidation sites excluding steroid dienone is 1. The molecular weight excluding hydrogens is 1370 g/mol. The number of aromatic nitrogens is 6. The van der Waals surface area contributed by atoms with E-state index < -0.39 is 41.8 Å². The summed E-state index contributed by atoms with van der Waals surface area (Å²) in [7, 11) is 0. The molecule has 3 amide bonds. The number of aliphatic hydroxyl groups excluding tert-OH is 2. The van der Waals surface area contributed by atoms with Crippen molar-refractivity contribution in [3.05, 3.63) is 169 Å². The maximum atomic E-state index is 15.4. The number of anilines is 3. The molecule has 3 fully saturated rings. The molecule has 105 heavy (non-hydrogen) atoms. The molecule has 0 spiro atoms. The van der Waals surface area contributed by atoms with Gasteiger partial charge in [0.1, 0.15) is 52.4 Å². The van der Waals surface area contributed by atoms with Crippen molar-refractivity contribution in [2.24, 2.45) is 0 Å². The molecule has 11 aromatic rings. The van der Waals surface area contributed by atoms with E-state index in [-0.39, 0.29) is 63.3 Å². The lowest BCUT2D eigenvalue weighted by Gasteiger charge is -2.36. The van der Waals surface area contributed by atoms with Gasteiger partial charge in [-0.2, -0.15) is 19.9 Å². The summed E-state index contributed by atoms with van der Waals surface area (Å²) in [5.74, 6) is -1.24. The Kier molecular flexibility index (Phi) is 22.6. The fourth-order valence-corrected chi connectivity index (χ4v) is 13.3. The largest absolute Gasteiger partial charge is 0.508 e. The van der Waals surface area contributed by atoms with Crippen molar-refractivity contribution >= 4 is 101 Å². The van der Waals surface area contributed by atoms with Crippen LogP contribution in [0.5, 0.6) is 29.3 Å². The molecule has 3 aliphatic rings. The van der Waals surface area contributed by atoms with Gasteiger partial charge >= 0.3 is 12.0 Å². The van der Waals surface area contributed by atoms with Crippen molar-refractivity contribution in [1.29, 1.82) is 0 Å². The Morgan fingerprint density at radius 3 is 1.42 bits per heavy atom. The first-order valence-corrected chi connectivity index (χ1v) is 35.0. The lowest BCUT2D eigenvalue weighted by atomic mass is 9.97. The number of piperazine rings is 3. The number of phenolic OH excluding ortho intramolecular Hbond substituents is 3. The van der Waals surface area contributed by atoms with Crippen LogP contribution >= 0.6 is 11.6 Å². The zero-order valence-corrected chi connectivity index (χ0v) is 59.1. The monoisotopic (exact) mass is 1450 g/mol. The third-order valence-corrected chi connectivity index (χ3v) is 19.2. The number of ether oxygens (including phenoxy) is 2. The van der Waals surface area contributed by atoms with Crippen molar-refractivity contribution < 1.29 is 68.4 Å². The highest BCUT2D eigenvalue weighted by Gasteiger charge is 2.31. The van der Waals surface area contributed by atoms with Crippen LogP contribution in [0.25, 0.3) is 87.6 Å². The lowest BCUT2D eigenvalue weighted by Crippen LogP contribution is -2.51. The van der Waals surface area contributed by atoms with Gasteiger partial charge in [-0.15, -0.1) is 0 Å². The smallest absolute Gasteiger partial charge is 0.319 e. The van der Waals surface area contributed by atoms with E-state index in [1.165, 1.54) is 40.4 Å². The van der Waals surface area contributed by atoms with E-state index in [1.54, 1.807) is 42.2 Å². The van der Waals surface area contributed by atoms with Crippen molar-refractivity contribution in [3.8, 4) is 62.7 Å². The molecule has 7 N–H and O–H groups in total. The van der Waals surface area contributed by atoms with Gasteiger partial charge in [0.2, 0.25) is 18.5 Å². The second-order valence-corrected chi connectivity index (χ2v) is 26.1. The first kappa shape index (κ1) is 73.6. The number of fused-ring (bicyclic) bond motifs is 5. The number of carbonyl (C=O) groups excluding carboxylic acids is 3. The van der Waals surface area contributed by atoms with Crippen molar-refractivity contribution in [2.45, 2.75) is 72.2 Å². The van der Waals surface area contributed by atoms with Crippen LogP contribution in [0, 0.1) is 11.6 Å². The maximum Gasteiger partial charge on any atom is 0.319 e. The van der Waals surface area contributed by atoms with E-state index in [0.29, 0.717) is 112 Å². The van der Waals surface area contributed by atoms with E-state index in [2.05, 4.69) is 19.8 Å². The summed E-state index contributed by atoms with van der Waals surface area (Å²) in [5, 5.41) is 73.7. The van der Waals surface area contributed by atoms with Crippen LogP contribution in [0.2, 0.25) is 5.02 Å². The number of aliphatic hydroxyl groups is 4. The number of phenols is 3. The minimum Gasteiger partial charge on any atom is -0.508 e. The number of halogens is 3. The highest BCUT2D eigenvalue weighted by molar-refractivity contribution is 6.34. The zero-order valence-electron chi connectivity index (χ0n) is 58.3. The van der Waals surface area contributed by atoms with E-state index in [0.717, 1.165) is 73.5 Å². The van der Waals surface area contributed by atoms with E-state index in [1.807, 2.05) is 118 Å². The lowest BCUT2D eigenvalue weighted by molar-refractivity contribution is -0.159. The van der Waals surface area contributed by atoms with Crippen molar-refractivity contribution in [3.63, 3.8) is 0 Å². The SMILES string of the molecule is C/C=C/C(=O)N1CCN(c2ncnc3c(F)c(-c4c(O)cccc4F)c(Cl)cc23)CC1.CCC(C)Oc1nc(N2CCN(C(=O)C(O)O)CC2)c2ccc(-c3cc(O)cc4ccccc34)cc2n1.CC[C@@H](C)Oc1nc(N2CCN(C(=O)C(O)O)CC2)c2ccc(-c3cc(O)cc4ccccc34)cc2n1. The molecule has 24 nitrogen and oxygen atoms in total. The number of hydrogen-bond acceptors (Lipinski definition) is 21. The minimum atomic E-state index is -2.01. The van der Waals surface area contributed by atoms with E-state index in [9.17, 15) is 54.5 Å². The molecule has 1 unspecified atom stereocenters. The fraction of sp³-hybridized carbons (Fsp3) is 0.295. The van der Waals surface area contributed by atoms with Crippen LogP contribution in [-0.4, -0.2) is 201 Å². The Bertz CT molecular complexity index is 4850. The second kappa shape index (κ2) is 32.2. The number of aromatic hydroxyl groups is 3. The summed E-state index contributed by atoms with van der Waals surface area (Å²) >= 11 is 6.35. The van der Waals surface area contributed by atoms with Gasteiger partial charge in [-0.25, -0.2) is 18.7 Å². The number of rotatable bonds is 15. The minimum absolute atomic E-state index is 0.0283. The van der Waals surface area contributed by atoms with Crippen LogP contribution in [0.1, 0.15) is 47.5 Å². The Morgan fingerprint density at radius 2 is 0.971 bits per heavy atom. The first-order valence-electron chi connectivity index (χ1n) is 34.6. The van der Waals surface area contributed by atoms with Crippen molar-refractivity contribution in [1.82, 2.24) is 44.6 Å². The predicted octanol–water partition coefficient (Wildman–Crippen LogP) is 10.7. The normalized spacial score (nSPS) is 14.8. The number of hydrogen-bond donors (Lipinski definition) is 7. The molecule has 14 rings (SSSR count). The quantitative estimate of drug-likeness (QED) is 0.0370. The number of benzene rings is 8. The average molecular weight is 1450 g/mol. The van der Waals surface area contributed by atoms with Crippen LogP contribution in [0.15, 0.2) is 152 Å². The van der Waals surface area contributed by atoms with Gasteiger partial charge in [-0.1, -0.05) is 98.3 Å². The Morgan fingerprint density at radius 1 is 0.514 bits per heavy atom. The summed E-state index contributed by atoms with van der Waals surface area (Å²) in [5.41, 5.74) is 4.43. The molecule has 27 heteroatoms. The molecule has 3 aromatic heterocycles. The van der Waals surface area contributed by atoms with E-state index >= 15 is 4.39 Å². The molecule has 3 aliphatic heterocycles. The number of carbonyl (C=O) groups is 3. The highest BCUT2D eigenvalue weighted by Crippen LogP contribution is 2.43. The summed E-state index contributed by atoms with van der Waals surface area (Å²) < 4.78 is 41.8. The molecule has 544 valence electrons. The molecule has 2 atom stereocenters. The van der Waals surface area contributed by atoms with Gasteiger partial charge in [0.05, 0.1) is 33.8 Å². The summed E-state index contributed by atoms with van der Waals surface area (Å²) in [6.07, 6.45) is 1.91. The van der Waals surface area contributed by atoms with Crippen LogP contribution in [0.4, 0.5) is 26.2 Å². The third-order valence-electron chi connectivity index (χ3n) is 18.9. The highest BCUT2D eigenvalue weighted by atomic mass is 35.5. The van der Waals surface area contributed by atoms with Crippen LogP contribution < -0.4 is 24.2 Å². The van der Waals surface area contributed by atoms with Gasteiger partial charge in [0.25, 0.3) is 11.8 Å². The molecule has 0 bridgehead atoms. The average Bonchev–Trinajstić information content (AvgIpc) is 0.766. The van der Waals surface area contributed by atoms with Gasteiger partial charge < -0.3 is 74.6 Å². The van der Waals surface area contributed by atoms with Crippen LogP contribution in [0.3, 0.4) is 0 Å². The Balaban J connectivity index is 0.000000149. The molecule has 3 saturated heterocycles. The molecule has 0 radical (unpaired) electrons. The number of nitrogens with zero attached hydrogens (tertiary/aromatic N) is 12. The standard InChI is InChI=1S/2C28H30N4O5.C22H19ClF2N4O2/c2*1-3-17(2)37-28-29-24-15-19(23-16-20(33)14-18-6-4-5-7-21(18)23)8-9-22(24)25(30-28)31-10-12-32(13-11-31)26(34)27(35)36;1-2-4-17(31)28-7-9-29(10-8-28)22-13-11-14(23)18(20(25)21(13)26-12-27-22)19-15(24)5-3-6-16(19)30/h2*4-9,14-17,27,33,35-36H,3,10-13H2,1-2H3;2-6,11-12,30H,7-10H2,1H3/b;;4-2+/t17-;;/m1../s1. The maximum absolute atomic E-state index is 15.4. The molecule has 0 aliphatic carbocycles. The number of amides is 3. The Hall–Kier alpha value is -11.2.